The van der Waals surface area contributed by atoms with Crippen LogP contribution in [0.25, 0.3) is 0 Å². The Kier molecular flexibility index (Phi) is 6.16. The lowest BCUT2D eigenvalue weighted by Crippen LogP contribution is -2.15. The van der Waals surface area contributed by atoms with Crippen LogP contribution >= 0.6 is 0 Å². The van der Waals surface area contributed by atoms with Crippen molar-refractivity contribution < 1.29 is 31.7 Å². The molecule has 0 spiro atoms. The molecule has 1 saturated carbocycles. The number of carbonyl (C=O) groups excluding carboxylic acids is 2. The molecular weight excluding hydrogens is 449 g/mol. The minimum Gasteiger partial charge on any atom is -0.461 e. The number of esters is 1. The third kappa shape index (κ3) is 4.59. The van der Waals surface area contributed by atoms with E-state index in [1.54, 1.807) is 31.2 Å². The summed E-state index contributed by atoms with van der Waals surface area (Å²) in [5, 5.41) is 3.81. The quantitative estimate of drug-likeness (QED) is 0.360. The van der Waals surface area contributed by atoms with Crippen LogP contribution in [0.1, 0.15) is 69.0 Å². The number of rotatable bonds is 8. The van der Waals surface area contributed by atoms with Crippen molar-refractivity contribution in [3.8, 4) is 0 Å². The number of sulfone groups is 1. The summed E-state index contributed by atoms with van der Waals surface area (Å²) >= 11 is 0. The highest BCUT2D eigenvalue weighted by molar-refractivity contribution is 7.90. The first-order chi connectivity index (χ1) is 15.7. The van der Waals surface area contributed by atoms with Gasteiger partial charge in [0.15, 0.2) is 21.4 Å². The number of benzene rings is 2. The fourth-order valence-electron chi connectivity index (χ4n) is 3.83. The maximum Gasteiger partial charge on any atom is 0.361 e. The van der Waals surface area contributed by atoms with Gasteiger partial charge in [-0.2, -0.15) is 0 Å². The minimum atomic E-state index is -3.84. The lowest BCUT2D eigenvalue weighted by Gasteiger charge is -2.12. The van der Waals surface area contributed by atoms with Gasteiger partial charge in [0.1, 0.15) is 16.3 Å². The summed E-state index contributed by atoms with van der Waals surface area (Å²) in [7, 11) is -3.84. The molecule has 1 heterocycles. The van der Waals surface area contributed by atoms with Crippen LogP contribution in [-0.2, 0) is 21.0 Å². The molecule has 33 heavy (non-hydrogen) atoms. The molecule has 0 unspecified atom stereocenters. The van der Waals surface area contributed by atoms with Crippen LogP contribution in [0, 0.1) is 5.82 Å². The molecule has 9 heteroatoms. The molecule has 1 aromatic heterocycles. The van der Waals surface area contributed by atoms with Gasteiger partial charge < -0.3 is 9.26 Å². The Morgan fingerprint density at radius 1 is 1.12 bits per heavy atom. The number of carbonyl (C=O) groups is 2. The van der Waals surface area contributed by atoms with Crippen LogP contribution in [0.15, 0.2) is 51.9 Å². The van der Waals surface area contributed by atoms with Crippen molar-refractivity contribution in [3.63, 3.8) is 0 Å². The molecule has 1 aliphatic carbocycles. The molecule has 4 rings (SSSR count). The summed E-state index contributed by atoms with van der Waals surface area (Å²) in [6.07, 6.45) is 2.58. The van der Waals surface area contributed by atoms with Gasteiger partial charge in [-0.05, 0) is 43.4 Å². The molecule has 172 valence electrons. The monoisotopic (exact) mass is 471 g/mol. The van der Waals surface area contributed by atoms with Gasteiger partial charge in [-0.3, -0.25) is 4.79 Å². The lowest BCUT2D eigenvalue weighted by atomic mass is 9.92. The predicted molar refractivity (Wildman–Crippen MR) is 117 cm³/mol. The van der Waals surface area contributed by atoms with Gasteiger partial charge in [-0.15, -0.1) is 0 Å². The van der Waals surface area contributed by atoms with Crippen molar-refractivity contribution >= 4 is 21.6 Å². The van der Waals surface area contributed by atoms with E-state index in [1.165, 1.54) is 12.1 Å². The van der Waals surface area contributed by atoms with Crippen molar-refractivity contribution in [3.05, 3.63) is 82.0 Å². The average molecular weight is 472 g/mol. The topological polar surface area (TPSA) is 104 Å². The van der Waals surface area contributed by atoms with Crippen LogP contribution in [0.2, 0.25) is 0 Å². The summed E-state index contributed by atoms with van der Waals surface area (Å²) < 4.78 is 49.2. The second kappa shape index (κ2) is 8.90. The highest BCUT2D eigenvalue weighted by atomic mass is 32.2. The van der Waals surface area contributed by atoms with E-state index in [4.69, 9.17) is 9.26 Å². The molecule has 2 aromatic carbocycles. The predicted octanol–water partition coefficient (Wildman–Crippen LogP) is 4.09. The Labute approximate surface area is 190 Å². The molecule has 0 aliphatic heterocycles. The molecule has 0 amide bonds. The Hall–Kier alpha value is -3.33. The number of nitrogens with zero attached hydrogens (tertiary/aromatic N) is 1. The van der Waals surface area contributed by atoms with Crippen LogP contribution in [0.5, 0.6) is 0 Å². The third-order valence-electron chi connectivity index (χ3n) is 5.42. The lowest BCUT2D eigenvalue weighted by molar-refractivity contribution is 0.0512. The summed E-state index contributed by atoms with van der Waals surface area (Å²) in [4.78, 5) is 25.7. The summed E-state index contributed by atoms with van der Waals surface area (Å²) in [5.74, 6) is -1.72. The van der Waals surface area contributed by atoms with Gasteiger partial charge in [0, 0.05) is 17.7 Å². The van der Waals surface area contributed by atoms with Crippen LogP contribution < -0.4 is 0 Å². The zero-order valence-electron chi connectivity index (χ0n) is 18.1. The Balaban J connectivity index is 1.79. The van der Waals surface area contributed by atoms with E-state index in [1.807, 2.05) is 0 Å². The Bertz CT molecular complexity index is 1340. The number of halogens is 1. The van der Waals surface area contributed by atoms with Gasteiger partial charge in [0.25, 0.3) is 0 Å². The standard InChI is InChI=1S/C24H22FNO6S/c1-3-31-24(28)20-19(22(32-26-20)14-11-12-14)21(27)17-9-5-4-7-15(17)13-16-8-6-10-18(25)23(16)33(2,29)30/h4-10,14H,3,11-13H2,1-2H3. The van der Waals surface area contributed by atoms with E-state index in [-0.39, 0.29) is 41.3 Å². The molecule has 3 aromatic rings. The first-order valence-corrected chi connectivity index (χ1v) is 12.4. The maximum absolute atomic E-state index is 14.4. The van der Waals surface area contributed by atoms with Gasteiger partial charge >= 0.3 is 5.97 Å². The second-order valence-corrected chi connectivity index (χ2v) is 9.88. The zero-order valence-corrected chi connectivity index (χ0v) is 18.9. The minimum absolute atomic E-state index is 0.000852. The van der Waals surface area contributed by atoms with Gasteiger partial charge in [-0.25, -0.2) is 17.6 Å². The van der Waals surface area contributed by atoms with E-state index in [0.29, 0.717) is 11.3 Å². The zero-order chi connectivity index (χ0) is 23.8. The first-order valence-electron chi connectivity index (χ1n) is 10.5. The summed E-state index contributed by atoms with van der Waals surface area (Å²) in [5.41, 5.74) is 0.843. The second-order valence-electron chi connectivity index (χ2n) is 7.93. The molecule has 1 aliphatic rings. The Morgan fingerprint density at radius 3 is 2.48 bits per heavy atom. The molecule has 0 N–H and O–H groups in total. The van der Waals surface area contributed by atoms with Gasteiger partial charge in [0.05, 0.1) is 6.61 Å². The van der Waals surface area contributed by atoms with E-state index < -0.39 is 32.3 Å². The average Bonchev–Trinajstić information content (AvgIpc) is 3.51. The smallest absolute Gasteiger partial charge is 0.361 e. The highest BCUT2D eigenvalue weighted by Gasteiger charge is 2.38. The molecular formula is C24H22FNO6S. The Morgan fingerprint density at radius 2 is 1.82 bits per heavy atom. The molecule has 1 fully saturated rings. The van der Waals surface area contributed by atoms with Crippen molar-refractivity contribution in [2.45, 2.75) is 37.0 Å². The molecule has 0 atom stereocenters. The van der Waals surface area contributed by atoms with Gasteiger partial charge in [0.2, 0.25) is 5.69 Å². The number of hydrogen-bond acceptors (Lipinski definition) is 7. The fourth-order valence-corrected chi connectivity index (χ4v) is 4.87. The normalized spacial score (nSPS) is 13.7. The fraction of sp³-hybridized carbons (Fsp3) is 0.292. The largest absolute Gasteiger partial charge is 0.461 e. The van der Waals surface area contributed by atoms with E-state index in [9.17, 15) is 22.4 Å². The molecule has 7 nitrogen and oxygen atoms in total. The highest BCUT2D eigenvalue weighted by Crippen LogP contribution is 2.43. The van der Waals surface area contributed by atoms with Crippen molar-refractivity contribution in [1.82, 2.24) is 5.16 Å². The molecule has 0 saturated heterocycles. The van der Waals surface area contributed by atoms with E-state index in [2.05, 4.69) is 5.16 Å². The van der Waals surface area contributed by atoms with Crippen LogP contribution in [-0.4, -0.2) is 38.2 Å². The number of ether oxygens (including phenoxy) is 1. The molecule has 0 radical (unpaired) electrons. The van der Waals surface area contributed by atoms with E-state index in [0.717, 1.165) is 25.2 Å². The summed E-state index contributed by atoms with van der Waals surface area (Å²) in [6, 6.07) is 10.6. The van der Waals surface area contributed by atoms with E-state index >= 15 is 0 Å². The number of aromatic nitrogens is 1. The summed E-state index contributed by atoms with van der Waals surface area (Å²) in [6.45, 7) is 1.76. The van der Waals surface area contributed by atoms with Gasteiger partial charge in [-0.1, -0.05) is 41.6 Å². The molecule has 0 bridgehead atoms. The first kappa shape index (κ1) is 22.8. The third-order valence-corrected chi connectivity index (χ3v) is 6.62. The SMILES string of the molecule is CCOC(=O)c1noc(C2CC2)c1C(=O)c1ccccc1Cc1cccc(F)c1S(C)(=O)=O. The van der Waals surface area contributed by atoms with Crippen LogP contribution in [0.3, 0.4) is 0 Å². The number of hydrogen-bond donors (Lipinski definition) is 0. The van der Waals surface area contributed by atoms with Crippen molar-refractivity contribution in [2.75, 3.05) is 12.9 Å². The maximum atomic E-state index is 14.4. The number of ketones is 1. The van der Waals surface area contributed by atoms with Crippen molar-refractivity contribution in [1.29, 1.82) is 0 Å². The van der Waals surface area contributed by atoms with Crippen LogP contribution in [0.4, 0.5) is 4.39 Å². The van der Waals surface area contributed by atoms with Crippen molar-refractivity contribution in [2.24, 2.45) is 0 Å².